The number of carbonyl (C=O) groups excluding carboxylic acids is 1. The normalized spacial score (nSPS) is 20.9. The molecule has 1 aromatic carbocycles. The van der Waals surface area contributed by atoms with E-state index in [1.165, 1.54) is 37.1 Å². The highest BCUT2D eigenvalue weighted by molar-refractivity contribution is 8.02. The molecule has 1 N–H and O–H groups in total. The van der Waals surface area contributed by atoms with Crippen molar-refractivity contribution in [2.75, 3.05) is 24.4 Å². The van der Waals surface area contributed by atoms with Gasteiger partial charge in [-0.05, 0) is 31.5 Å². The first-order valence-corrected chi connectivity index (χ1v) is 10.1. The second-order valence-electron chi connectivity index (χ2n) is 5.51. The highest BCUT2D eigenvalue weighted by atomic mass is 32.2. The number of ether oxygens (including phenoxy) is 1. The van der Waals surface area contributed by atoms with Crippen LogP contribution in [0.1, 0.15) is 24.9 Å². The summed E-state index contributed by atoms with van der Waals surface area (Å²) in [5, 5.41) is 2.76. The number of sulfone groups is 1. The average Bonchev–Trinajstić information content (AvgIpc) is 2.84. The molecule has 5 nitrogen and oxygen atoms in total. The summed E-state index contributed by atoms with van der Waals surface area (Å²) < 4.78 is 41.3. The quantitative estimate of drug-likeness (QED) is 0.838. The van der Waals surface area contributed by atoms with E-state index in [1.54, 1.807) is 6.92 Å². The number of amides is 1. The zero-order valence-corrected chi connectivity index (χ0v) is 14.7. The number of hydrogen-bond acceptors (Lipinski definition) is 5. The van der Waals surface area contributed by atoms with E-state index < -0.39 is 21.7 Å². The maximum absolute atomic E-state index is 13.4. The fourth-order valence-electron chi connectivity index (χ4n) is 2.49. The fourth-order valence-corrected chi connectivity index (χ4v) is 5.94. The van der Waals surface area contributed by atoms with E-state index in [1.807, 2.05) is 0 Å². The molecule has 1 aromatic rings. The predicted molar refractivity (Wildman–Crippen MR) is 89.0 cm³/mol. The molecule has 0 bridgehead atoms. The van der Waals surface area contributed by atoms with Crippen molar-refractivity contribution in [2.24, 2.45) is 0 Å². The summed E-state index contributed by atoms with van der Waals surface area (Å²) >= 11 is 1.35. The first kappa shape index (κ1) is 18.1. The van der Waals surface area contributed by atoms with Gasteiger partial charge in [0.1, 0.15) is 11.6 Å². The van der Waals surface area contributed by atoms with Crippen molar-refractivity contribution in [2.45, 2.75) is 24.6 Å². The number of rotatable bonds is 6. The van der Waals surface area contributed by atoms with E-state index in [2.05, 4.69) is 5.32 Å². The molecule has 1 heterocycles. The number of benzene rings is 1. The Balaban J connectivity index is 1.89. The SMILES string of the molecule is COc1ccc(F)cc1C(C)NC(=O)CSC1CCS(=O)(=O)C1. The van der Waals surface area contributed by atoms with Crippen LogP contribution in [0.3, 0.4) is 0 Å². The Labute approximate surface area is 139 Å². The molecule has 1 aliphatic heterocycles. The molecule has 1 aliphatic rings. The second-order valence-corrected chi connectivity index (χ2v) is 9.03. The van der Waals surface area contributed by atoms with Gasteiger partial charge in [0.05, 0.1) is 30.4 Å². The molecule has 0 radical (unpaired) electrons. The summed E-state index contributed by atoms with van der Waals surface area (Å²) in [6, 6.07) is 3.75. The molecule has 0 aliphatic carbocycles. The zero-order valence-electron chi connectivity index (χ0n) is 13.0. The lowest BCUT2D eigenvalue weighted by atomic mass is 10.1. The number of carbonyl (C=O) groups is 1. The third-order valence-electron chi connectivity index (χ3n) is 3.68. The van der Waals surface area contributed by atoms with Gasteiger partial charge in [-0.3, -0.25) is 4.79 Å². The van der Waals surface area contributed by atoms with Gasteiger partial charge in [-0.25, -0.2) is 12.8 Å². The minimum Gasteiger partial charge on any atom is -0.496 e. The lowest BCUT2D eigenvalue weighted by molar-refractivity contribution is -0.119. The van der Waals surface area contributed by atoms with Crippen molar-refractivity contribution in [1.29, 1.82) is 0 Å². The van der Waals surface area contributed by atoms with Gasteiger partial charge < -0.3 is 10.1 Å². The van der Waals surface area contributed by atoms with Crippen LogP contribution in [0.25, 0.3) is 0 Å². The number of halogens is 1. The lowest BCUT2D eigenvalue weighted by Crippen LogP contribution is -2.29. The average molecular weight is 361 g/mol. The van der Waals surface area contributed by atoms with E-state index in [-0.39, 0.29) is 28.4 Å². The Morgan fingerprint density at radius 3 is 2.87 bits per heavy atom. The van der Waals surface area contributed by atoms with Crippen LogP contribution in [-0.2, 0) is 14.6 Å². The standard InChI is InChI=1S/C15H20FNO4S2/c1-10(13-7-11(16)3-4-14(13)21-2)17-15(18)8-22-12-5-6-23(19,20)9-12/h3-4,7,10,12H,5-6,8-9H2,1-2H3,(H,17,18). The summed E-state index contributed by atoms with van der Waals surface area (Å²) in [5.41, 5.74) is 0.564. The topological polar surface area (TPSA) is 72.5 Å². The Kier molecular flexibility index (Phi) is 5.91. The van der Waals surface area contributed by atoms with Crippen molar-refractivity contribution in [3.8, 4) is 5.75 Å². The highest BCUT2D eigenvalue weighted by Gasteiger charge is 2.28. The summed E-state index contributed by atoms with van der Waals surface area (Å²) in [4.78, 5) is 12.0. The fraction of sp³-hybridized carbons (Fsp3) is 0.533. The van der Waals surface area contributed by atoms with E-state index in [0.717, 1.165) is 0 Å². The molecule has 1 fully saturated rings. The van der Waals surface area contributed by atoms with Crippen LogP contribution >= 0.6 is 11.8 Å². The first-order valence-electron chi connectivity index (χ1n) is 7.25. The van der Waals surface area contributed by atoms with Crippen LogP contribution in [0.4, 0.5) is 4.39 Å². The van der Waals surface area contributed by atoms with Gasteiger partial charge in [-0.2, -0.15) is 0 Å². The first-order chi connectivity index (χ1) is 10.8. The van der Waals surface area contributed by atoms with E-state index in [0.29, 0.717) is 17.7 Å². The van der Waals surface area contributed by atoms with E-state index in [4.69, 9.17) is 4.74 Å². The van der Waals surface area contributed by atoms with Crippen LogP contribution in [-0.4, -0.2) is 43.9 Å². The van der Waals surface area contributed by atoms with Crippen molar-refractivity contribution < 1.29 is 22.3 Å². The molecule has 2 rings (SSSR count). The van der Waals surface area contributed by atoms with Gasteiger partial charge in [0.15, 0.2) is 9.84 Å². The third kappa shape index (κ3) is 5.10. The third-order valence-corrected chi connectivity index (χ3v) is 6.96. The van der Waals surface area contributed by atoms with Crippen LogP contribution in [0.5, 0.6) is 5.75 Å². The number of hydrogen-bond donors (Lipinski definition) is 1. The van der Waals surface area contributed by atoms with Gasteiger partial charge >= 0.3 is 0 Å². The molecule has 0 saturated carbocycles. The Bertz CT molecular complexity index is 678. The van der Waals surface area contributed by atoms with E-state index in [9.17, 15) is 17.6 Å². The van der Waals surface area contributed by atoms with Crippen LogP contribution in [0.15, 0.2) is 18.2 Å². The molecular formula is C15H20FNO4S2. The van der Waals surface area contributed by atoms with Gasteiger partial charge in [0.2, 0.25) is 5.91 Å². The Hall–Kier alpha value is -1.28. The van der Waals surface area contributed by atoms with Crippen molar-refractivity contribution in [3.05, 3.63) is 29.6 Å². The molecule has 0 spiro atoms. The Morgan fingerprint density at radius 1 is 1.52 bits per heavy atom. The molecule has 128 valence electrons. The van der Waals surface area contributed by atoms with Crippen LogP contribution in [0, 0.1) is 5.82 Å². The molecule has 1 saturated heterocycles. The largest absolute Gasteiger partial charge is 0.496 e. The minimum atomic E-state index is -2.93. The maximum Gasteiger partial charge on any atom is 0.230 e. The summed E-state index contributed by atoms with van der Waals surface area (Å²) in [6.45, 7) is 1.75. The van der Waals surface area contributed by atoms with Gasteiger partial charge in [-0.15, -0.1) is 11.8 Å². The monoisotopic (exact) mass is 361 g/mol. The number of nitrogens with one attached hydrogen (secondary N) is 1. The lowest BCUT2D eigenvalue weighted by Gasteiger charge is -2.18. The minimum absolute atomic E-state index is 0.0234. The number of methoxy groups -OCH3 is 1. The van der Waals surface area contributed by atoms with Gasteiger partial charge in [-0.1, -0.05) is 0 Å². The summed E-state index contributed by atoms with van der Waals surface area (Å²) in [6.07, 6.45) is 0.591. The van der Waals surface area contributed by atoms with Crippen LogP contribution < -0.4 is 10.1 Å². The molecule has 1 amide bonds. The highest BCUT2D eigenvalue weighted by Crippen LogP contribution is 2.27. The second kappa shape index (κ2) is 7.53. The maximum atomic E-state index is 13.4. The van der Waals surface area contributed by atoms with Crippen molar-refractivity contribution >= 4 is 27.5 Å². The smallest absolute Gasteiger partial charge is 0.230 e. The summed E-state index contributed by atoms with van der Waals surface area (Å²) in [5.74, 6) is 0.420. The molecule has 2 unspecified atom stereocenters. The zero-order chi connectivity index (χ0) is 17.0. The van der Waals surface area contributed by atoms with E-state index >= 15 is 0 Å². The molecule has 2 atom stereocenters. The molecule has 23 heavy (non-hydrogen) atoms. The van der Waals surface area contributed by atoms with Crippen LogP contribution in [0.2, 0.25) is 0 Å². The predicted octanol–water partition coefficient (Wildman–Crippen LogP) is 1.93. The molecular weight excluding hydrogens is 341 g/mol. The van der Waals surface area contributed by atoms with Gasteiger partial charge in [0.25, 0.3) is 0 Å². The summed E-state index contributed by atoms with van der Waals surface area (Å²) in [7, 11) is -1.45. The number of thioether (sulfide) groups is 1. The van der Waals surface area contributed by atoms with Crippen molar-refractivity contribution in [3.63, 3.8) is 0 Å². The molecule has 8 heteroatoms. The Morgan fingerprint density at radius 2 is 2.26 bits per heavy atom. The molecule has 0 aromatic heterocycles. The van der Waals surface area contributed by atoms with Gasteiger partial charge in [0, 0.05) is 10.8 Å². The van der Waals surface area contributed by atoms with Crippen molar-refractivity contribution in [1.82, 2.24) is 5.32 Å².